The molecule has 2 fully saturated rings. The highest BCUT2D eigenvalue weighted by Gasteiger charge is 2.38. The second-order valence-corrected chi connectivity index (χ2v) is 7.59. The summed E-state index contributed by atoms with van der Waals surface area (Å²) in [6, 6.07) is 6.32. The maximum atomic E-state index is 12.4. The van der Waals surface area contributed by atoms with Crippen LogP contribution < -0.4 is 14.8 Å². The number of morpholine rings is 1. The predicted molar refractivity (Wildman–Crippen MR) is 92.8 cm³/mol. The van der Waals surface area contributed by atoms with E-state index < -0.39 is 0 Å². The third-order valence-electron chi connectivity index (χ3n) is 5.36. The van der Waals surface area contributed by atoms with Gasteiger partial charge in [-0.25, -0.2) is 0 Å². The number of benzene rings is 1. The summed E-state index contributed by atoms with van der Waals surface area (Å²) < 4.78 is 16.6. The predicted octanol–water partition coefficient (Wildman–Crippen LogP) is 1.57. The zero-order valence-corrected chi connectivity index (χ0v) is 14.9. The van der Waals surface area contributed by atoms with Gasteiger partial charge >= 0.3 is 0 Å². The van der Waals surface area contributed by atoms with Gasteiger partial charge in [-0.3, -0.25) is 9.69 Å². The molecule has 1 aromatic rings. The Kier molecular flexibility index (Phi) is 4.56. The largest absolute Gasteiger partial charge is 0.454 e. The number of nitrogens with one attached hydrogen (secondary N) is 1. The van der Waals surface area contributed by atoms with Gasteiger partial charge in [0.15, 0.2) is 11.5 Å². The number of amides is 1. The molecule has 0 saturated carbocycles. The monoisotopic (exact) mass is 346 g/mol. The Hall–Kier alpha value is -1.79. The average Bonchev–Trinajstić information content (AvgIpc) is 3.18. The molecule has 25 heavy (non-hydrogen) atoms. The van der Waals surface area contributed by atoms with E-state index in [1.807, 2.05) is 18.2 Å². The number of fused-ring (bicyclic) bond motifs is 2. The molecule has 3 atom stereocenters. The standard InChI is InChI=1S/C19H26N2O4/c1-12(2)18-9-21-8-14(7-15(21)10-23-18)20-19(22)6-13-3-4-16-17(5-13)25-11-24-16/h3-5,12,14-15,18H,6-11H2,1-2H3,(H,20,22)/t14-,15-,18-/m0/s1. The summed E-state index contributed by atoms with van der Waals surface area (Å²) in [5.41, 5.74) is 0.945. The molecule has 4 rings (SSSR count). The number of ether oxygens (including phenoxy) is 3. The Labute approximate surface area is 148 Å². The van der Waals surface area contributed by atoms with Crippen LogP contribution in [0.25, 0.3) is 0 Å². The van der Waals surface area contributed by atoms with Gasteiger partial charge in [0.1, 0.15) is 0 Å². The molecule has 0 aromatic heterocycles. The minimum atomic E-state index is 0.0602. The first kappa shape index (κ1) is 16.7. The molecule has 136 valence electrons. The van der Waals surface area contributed by atoms with Crippen LogP contribution in [0.1, 0.15) is 25.8 Å². The SMILES string of the molecule is CC(C)[C@@H]1CN2C[C@@H](NC(=O)Cc3ccc4c(c3)OCO4)C[C@H]2CO1. The van der Waals surface area contributed by atoms with Crippen LogP contribution in [-0.4, -0.2) is 55.5 Å². The summed E-state index contributed by atoms with van der Waals surface area (Å²) in [5, 5.41) is 3.19. The summed E-state index contributed by atoms with van der Waals surface area (Å²) in [6.07, 6.45) is 1.64. The summed E-state index contributed by atoms with van der Waals surface area (Å²) in [6.45, 7) is 7.32. The average molecular weight is 346 g/mol. The zero-order chi connectivity index (χ0) is 17.4. The van der Waals surface area contributed by atoms with E-state index in [1.54, 1.807) is 0 Å². The van der Waals surface area contributed by atoms with Crippen LogP contribution in [0, 0.1) is 5.92 Å². The minimum Gasteiger partial charge on any atom is -0.454 e. The number of hydrogen-bond acceptors (Lipinski definition) is 5. The van der Waals surface area contributed by atoms with Crippen molar-refractivity contribution < 1.29 is 19.0 Å². The van der Waals surface area contributed by atoms with Crippen LogP contribution in [-0.2, 0) is 16.0 Å². The van der Waals surface area contributed by atoms with E-state index in [-0.39, 0.29) is 18.7 Å². The van der Waals surface area contributed by atoms with Crippen molar-refractivity contribution in [1.82, 2.24) is 10.2 Å². The third kappa shape index (κ3) is 3.60. The summed E-state index contributed by atoms with van der Waals surface area (Å²) in [7, 11) is 0. The zero-order valence-electron chi connectivity index (χ0n) is 14.9. The fraction of sp³-hybridized carbons (Fsp3) is 0.632. The van der Waals surface area contributed by atoms with E-state index >= 15 is 0 Å². The molecule has 0 bridgehead atoms. The first-order valence-electron chi connectivity index (χ1n) is 9.12. The van der Waals surface area contributed by atoms with Crippen molar-refractivity contribution in [2.75, 3.05) is 26.5 Å². The quantitative estimate of drug-likeness (QED) is 0.897. The van der Waals surface area contributed by atoms with E-state index in [4.69, 9.17) is 14.2 Å². The molecule has 3 heterocycles. The van der Waals surface area contributed by atoms with Gasteiger partial charge in [0.25, 0.3) is 0 Å². The van der Waals surface area contributed by atoms with Crippen LogP contribution in [0.3, 0.4) is 0 Å². The molecule has 0 unspecified atom stereocenters. The molecule has 3 aliphatic rings. The Morgan fingerprint density at radius 2 is 2.12 bits per heavy atom. The highest BCUT2D eigenvalue weighted by atomic mass is 16.7. The second kappa shape index (κ2) is 6.84. The van der Waals surface area contributed by atoms with Crippen LogP contribution in [0.4, 0.5) is 0 Å². The number of rotatable bonds is 4. The molecule has 6 nitrogen and oxygen atoms in total. The maximum absolute atomic E-state index is 12.4. The topological polar surface area (TPSA) is 60.0 Å². The molecule has 0 spiro atoms. The Bertz CT molecular complexity index is 648. The highest BCUT2D eigenvalue weighted by Crippen LogP contribution is 2.32. The Morgan fingerprint density at radius 3 is 2.96 bits per heavy atom. The fourth-order valence-electron chi connectivity index (χ4n) is 3.92. The lowest BCUT2D eigenvalue weighted by molar-refractivity contribution is -0.121. The van der Waals surface area contributed by atoms with Crippen LogP contribution in [0.5, 0.6) is 11.5 Å². The van der Waals surface area contributed by atoms with Gasteiger partial charge in [-0.2, -0.15) is 0 Å². The van der Waals surface area contributed by atoms with E-state index in [1.165, 1.54) is 0 Å². The minimum absolute atomic E-state index is 0.0602. The number of hydrogen-bond donors (Lipinski definition) is 1. The molecule has 3 aliphatic heterocycles. The van der Waals surface area contributed by atoms with Crippen molar-refractivity contribution in [3.63, 3.8) is 0 Å². The van der Waals surface area contributed by atoms with E-state index in [9.17, 15) is 4.79 Å². The molecule has 1 aromatic carbocycles. The van der Waals surface area contributed by atoms with Crippen LogP contribution >= 0.6 is 0 Å². The van der Waals surface area contributed by atoms with Crippen molar-refractivity contribution in [3.05, 3.63) is 23.8 Å². The molecular formula is C19H26N2O4. The molecular weight excluding hydrogens is 320 g/mol. The normalized spacial score (nSPS) is 28.2. The van der Waals surface area contributed by atoms with Crippen molar-refractivity contribution in [2.24, 2.45) is 5.92 Å². The van der Waals surface area contributed by atoms with E-state index in [0.717, 1.165) is 43.2 Å². The van der Waals surface area contributed by atoms with Gasteiger partial charge in [0.05, 0.1) is 19.1 Å². The Morgan fingerprint density at radius 1 is 1.28 bits per heavy atom. The summed E-state index contributed by atoms with van der Waals surface area (Å²) in [5.74, 6) is 2.06. The molecule has 6 heteroatoms. The van der Waals surface area contributed by atoms with Crippen molar-refractivity contribution in [2.45, 2.75) is 44.9 Å². The van der Waals surface area contributed by atoms with Gasteiger partial charge < -0.3 is 19.5 Å². The van der Waals surface area contributed by atoms with Crippen molar-refractivity contribution in [1.29, 1.82) is 0 Å². The molecule has 1 N–H and O–H groups in total. The second-order valence-electron chi connectivity index (χ2n) is 7.59. The lowest BCUT2D eigenvalue weighted by Crippen LogP contribution is -2.48. The van der Waals surface area contributed by atoms with Gasteiger partial charge in [0.2, 0.25) is 12.7 Å². The third-order valence-corrected chi connectivity index (χ3v) is 5.36. The van der Waals surface area contributed by atoms with Gasteiger partial charge in [-0.1, -0.05) is 19.9 Å². The first-order valence-corrected chi connectivity index (χ1v) is 9.12. The van der Waals surface area contributed by atoms with Crippen molar-refractivity contribution in [3.8, 4) is 11.5 Å². The van der Waals surface area contributed by atoms with Gasteiger partial charge in [-0.05, 0) is 30.0 Å². The van der Waals surface area contributed by atoms with Gasteiger partial charge in [0, 0.05) is 25.2 Å². The van der Waals surface area contributed by atoms with Crippen LogP contribution in [0.2, 0.25) is 0 Å². The van der Waals surface area contributed by atoms with Crippen LogP contribution in [0.15, 0.2) is 18.2 Å². The molecule has 0 radical (unpaired) electrons. The van der Waals surface area contributed by atoms with E-state index in [2.05, 4.69) is 24.1 Å². The lowest BCUT2D eigenvalue weighted by atomic mass is 10.0. The first-order chi connectivity index (χ1) is 12.1. The maximum Gasteiger partial charge on any atom is 0.231 e. The summed E-state index contributed by atoms with van der Waals surface area (Å²) >= 11 is 0. The highest BCUT2D eigenvalue weighted by molar-refractivity contribution is 5.79. The number of carbonyl (C=O) groups excluding carboxylic acids is 1. The molecule has 2 saturated heterocycles. The lowest BCUT2D eigenvalue weighted by Gasteiger charge is -2.36. The van der Waals surface area contributed by atoms with E-state index in [0.29, 0.717) is 24.5 Å². The van der Waals surface area contributed by atoms with Crippen molar-refractivity contribution >= 4 is 5.91 Å². The smallest absolute Gasteiger partial charge is 0.231 e. The Balaban J connectivity index is 1.30. The van der Waals surface area contributed by atoms with Gasteiger partial charge in [-0.15, -0.1) is 0 Å². The number of carbonyl (C=O) groups is 1. The molecule has 1 amide bonds. The number of nitrogens with zero attached hydrogens (tertiary/aromatic N) is 1. The summed E-state index contributed by atoms with van der Waals surface area (Å²) in [4.78, 5) is 14.9. The molecule has 0 aliphatic carbocycles. The fourth-order valence-corrected chi connectivity index (χ4v) is 3.92.